The lowest BCUT2D eigenvalue weighted by Crippen LogP contribution is -2.42. The van der Waals surface area contributed by atoms with E-state index in [0.29, 0.717) is 17.2 Å². The highest BCUT2D eigenvalue weighted by Crippen LogP contribution is 2.13. The number of hydrogen-bond acceptors (Lipinski definition) is 6. The molecule has 1 aliphatic rings. The van der Waals surface area contributed by atoms with Crippen molar-refractivity contribution in [3.63, 3.8) is 0 Å². The molecule has 3 heterocycles. The summed E-state index contributed by atoms with van der Waals surface area (Å²) in [7, 11) is 0. The molecular weight excluding hydrogens is 328 g/mol. The first kappa shape index (κ1) is 16.7. The smallest absolute Gasteiger partial charge is 0.264 e. The van der Waals surface area contributed by atoms with Gasteiger partial charge in [-0.2, -0.15) is 0 Å². The summed E-state index contributed by atoms with van der Waals surface area (Å²) < 4.78 is 4.69. The number of carbonyl (C=O) groups is 2. The third-order valence-corrected chi connectivity index (χ3v) is 4.80. The molecule has 0 aliphatic carbocycles. The fourth-order valence-electron chi connectivity index (χ4n) is 2.71. The van der Waals surface area contributed by atoms with Crippen LogP contribution in [0.4, 0.5) is 5.82 Å². The van der Waals surface area contributed by atoms with Crippen molar-refractivity contribution >= 4 is 29.0 Å². The van der Waals surface area contributed by atoms with Gasteiger partial charge in [0.1, 0.15) is 12.8 Å². The van der Waals surface area contributed by atoms with Crippen molar-refractivity contribution in [2.24, 2.45) is 0 Å². The normalized spacial score (nSPS) is 14.7. The summed E-state index contributed by atoms with van der Waals surface area (Å²) in [6, 6.07) is 5.19. The Morgan fingerprint density at radius 2 is 2.17 bits per heavy atom. The lowest BCUT2D eigenvalue weighted by molar-refractivity contribution is -0.117. The highest BCUT2D eigenvalue weighted by atomic mass is 32.1. The van der Waals surface area contributed by atoms with Gasteiger partial charge in [-0.15, -0.1) is 11.3 Å². The maximum Gasteiger partial charge on any atom is 0.264 e. The standard InChI is InChI=1S/C16H20N4O3S/c21-15(17-14-5-10-23-18-14)12-20(9-8-19-6-1-2-7-19)16(22)13-4-3-11-24-13/h3-5,10-11H,1-2,6-9,12H2,(H,17,18,21). The number of anilines is 1. The number of amides is 2. The zero-order chi connectivity index (χ0) is 16.8. The van der Waals surface area contributed by atoms with Crippen molar-refractivity contribution in [2.45, 2.75) is 12.8 Å². The van der Waals surface area contributed by atoms with Crippen LogP contribution < -0.4 is 5.32 Å². The van der Waals surface area contributed by atoms with E-state index < -0.39 is 0 Å². The van der Waals surface area contributed by atoms with Crippen LogP contribution in [-0.2, 0) is 4.79 Å². The average molecular weight is 348 g/mol. The monoisotopic (exact) mass is 348 g/mol. The van der Waals surface area contributed by atoms with E-state index in [1.165, 1.54) is 30.4 Å². The van der Waals surface area contributed by atoms with Gasteiger partial charge in [0.05, 0.1) is 4.88 Å². The lowest BCUT2D eigenvalue weighted by atomic mass is 10.3. The number of carbonyl (C=O) groups excluding carboxylic acids is 2. The molecule has 2 aromatic rings. The average Bonchev–Trinajstić information content (AvgIpc) is 3.33. The van der Waals surface area contributed by atoms with Gasteiger partial charge in [0.2, 0.25) is 5.91 Å². The predicted molar refractivity (Wildman–Crippen MR) is 91.0 cm³/mol. The topological polar surface area (TPSA) is 78.7 Å². The van der Waals surface area contributed by atoms with E-state index in [2.05, 4.69) is 15.4 Å². The molecule has 2 aromatic heterocycles. The van der Waals surface area contributed by atoms with Crippen molar-refractivity contribution in [3.8, 4) is 0 Å². The van der Waals surface area contributed by atoms with Crippen molar-refractivity contribution in [3.05, 3.63) is 34.7 Å². The van der Waals surface area contributed by atoms with E-state index in [1.807, 2.05) is 11.4 Å². The Bertz CT molecular complexity index is 651. The highest BCUT2D eigenvalue weighted by Gasteiger charge is 2.21. The van der Waals surface area contributed by atoms with Gasteiger partial charge < -0.3 is 19.6 Å². The summed E-state index contributed by atoms with van der Waals surface area (Å²) in [6.07, 6.45) is 3.79. The number of nitrogens with one attached hydrogen (secondary N) is 1. The molecule has 1 fully saturated rings. The SMILES string of the molecule is O=C(CN(CCN1CCCC1)C(=O)c1cccs1)Nc1ccon1. The van der Waals surface area contributed by atoms with Gasteiger partial charge >= 0.3 is 0 Å². The third-order valence-electron chi connectivity index (χ3n) is 3.94. The quantitative estimate of drug-likeness (QED) is 0.827. The van der Waals surface area contributed by atoms with E-state index in [1.54, 1.807) is 17.0 Å². The van der Waals surface area contributed by atoms with Crippen LogP contribution in [0.2, 0.25) is 0 Å². The predicted octanol–water partition coefficient (Wildman–Crippen LogP) is 1.91. The second kappa shape index (κ2) is 8.07. The van der Waals surface area contributed by atoms with Gasteiger partial charge in [0, 0.05) is 19.2 Å². The van der Waals surface area contributed by atoms with E-state index in [-0.39, 0.29) is 18.4 Å². The molecule has 0 bridgehead atoms. The molecule has 1 aliphatic heterocycles. The molecule has 24 heavy (non-hydrogen) atoms. The summed E-state index contributed by atoms with van der Waals surface area (Å²) in [4.78, 5) is 29.4. The minimum absolute atomic E-state index is 0.00255. The number of hydrogen-bond donors (Lipinski definition) is 1. The number of thiophene rings is 1. The fourth-order valence-corrected chi connectivity index (χ4v) is 3.40. The van der Waals surface area contributed by atoms with Crippen LogP contribution in [0, 0.1) is 0 Å². The second-order valence-corrected chi connectivity index (χ2v) is 6.63. The summed E-state index contributed by atoms with van der Waals surface area (Å²) in [5.41, 5.74) is 0. The van der Waals surface area contributed by atoms with Crippen molar-refractivity contribution in [2.75, 3.05) is 38.0 Å². The summed E-state index contributed by atoms with van der Waals surface area (Å²) in [5.74, 6) is -0.0437. The van der Waals surface area contributed by atoms with Gasteiger partial charge in [-0.3, -0.25) is 9.59 Å². The molecule has 0 aromatic carbocycles. The van der Waals surface area contributed by atoms with E-state index in [9.17, 15) is 9.59 Å². The lowest BCUT2D eigenvalue weighted by Gasteiger charge is -2.24. The van der Waals surface area contributed by atoms with Gasteiger partial charge in [0.15, 0.2) is 5.82 Å². The molecule has 0 radical (unpaired) electrons. The first-order valence-electron chi connectivity index (χ1n) is 7.98. The molecule has 8 heteroatoms. The molecule has 2 amide bonds. The molecule has 0 unspecified atom stereocenters. The Morgan fingerprint density at radius 3 is 2.83 bits per heavy atom. The zero-order valence-electron chi connectivity index (χ0n) is 13.3. The number of aromatic nitrogens is 1. The first-order valence-corrected chi connectivity index (χ1v) is 8.86. The molecule has 1 saturated heterocycles. The number of rotatable bonds is 7. The van der Waals surface area contributed by atoms with E-state index in [0.717, 1.165) is 19.6 Å². The largest absolute Gasteiger partial charge is 0.363 e. The molecule has 0 spiro atoms. The second-order valence-electron chi connectivity index (χ2n) is 5.69. The van der Waals surface area contributed by atoms with Crippen LogP contribution >= 0.6 is 11.3 Å². The van der Waals surface area contributed by atoms with Crippen LogP contribution in [0.1, 0.15) is 22.5 Å². The summed E-state index contributed by atoms with van der Waals surface area (Å²) in [5, 5.41) is 8.15. The summed E-state index contributed by atoms with van der Waals surface area (Å²) in [6.45, 7) is 3.44. The summed E-state index contributed by atoms with van der Waals surface area (Å²) >= 11 is 1.39. The van der Waals surface area contributed by atoms with Gasteiger partial charge in [0.25, 0.3) is 5.91 Å². The van der Waals surface area contributed by atoms with Crippen molar-refractivity contribution in [1.82, 2.24) is 15.0 Å². The third kappa shape index (κ3) is 4.42. The van der Waals surface area contributed by atoms with Crippen molar-refractivity contribution < 1.29 is 14.1 Å². The van der Waals surface area contributed by atoms with E-state index >= 15 is 0 Å². The Morgan fingerprint density at radius 1 is 1.33 bits per heavy atom. The molecular formula is C16H20N4O3S. The van der Waals surface area contributed by atoms with Crippen molar-refractivity contribution in [1.29, 1.82) is 0 Å². The number of likely N-dealkylation sites (tertiary alicyclic amines) is 1. The zero-order valence-corrected chi connectivity index (χ0v) is 14.1. The van der Waals surface area contributed by atoms with Crippen LogP contribution in [-0.4, -0.2) is 59.5 Å². The van der Waals surface area contributed by atoms with E-state index in [4.69, 9.17) is 4.52 Å². The van der Waals surface area contributed by atoms with Crippen LogP contribution in [0.15, 0.2) is 34.4 Å². The maximum absolute atomic E-state index is 12.7. The highest BCUT2D eigenvalue weighted by molar-refractivity contribution is 7.12. The first-order chi connectivity index (χ1) is 11.7. The fraction of sp³-hybridized carbons (Fsp3) is 0.438. The van der Waals surface area contributed by atoms with Gasteiger partial charge in [-0.25, -0.2) is 0 Å². The molecule has 3 rings (SSSR count). The minimum Gasteiger partial charge on any atom is -0.363 e. The number of nitrogens with zero attached hydrogens (tertiary/aromatic N) is 3. The molecule has 0 saturated carbocycles. The Labute approximate surface area is 144 Å². The molecule has 1 N–H and O–H groups in total. The Balaban J connectivity index is 1.61. The Hall–Kier alpha value is -2.19. The minimum atomic E-state index is -0.282. The van der Waals surface area contributed by atoms with Crippen LogP contribution in [0.5, 0.6) is 0 Å². The molecule has 7 nitrogen and oxygen atoms in total. The van der Waals surface area contributed by atoms with Gasteiger partial charge in [-0.05, 0) is 37.4 Å². The van der Waals surface area contributed by atoms with Gasteiger partial charge in [-0.1, -0.05) is 11.2 Å². The van der Waals surface area contributed by atoms with Crippen LogP contribution in [0.25, 0.3) is 0 Å². The van der Waals surface area contributed by atoms with Crippen LogP contribution in [0.3, 0.4) is 0 Å². The Kier molecular flexibility index (Phi) is 5.60. The maximum atomic E-state index is 12.7. The molecule has 128 valence electrons. The molecule has 0 atom stereocenters.